The van der Waals surface area contributed by atoms with E-state index >= 15 is 0 Å². The third-order valence-corrected chi connectivity index (χ3v) is 8.63. The van der Waals surface area contributed by atoms with Crippen LogP contribution in [0.4, 0.5) is 0 Å². The molecule has 0 atom stereocenters. The van der Waals surface area contributed by atoms with Gasteiger partial charge in [-0.1, -0.05) is 66.7 Å². The Hall–Kier alpha value is -6.08. The molecule has 0 saturated carbocycles. The van der Waals surface area contributed by atoms with Crippen LogP contribution in [-0.2, 0) is 0 Å². The van der Waals surface area contributed by atoms with Gasteiger partial charge in [-0.3, -0.25) is 8.97 Å². The highest BCUT2D eigenvalue weighted by molar-refractivity contribution is 6.13. The van der Waals surface area contributed by atoms with Crippen molar-refractivity contribution in [2.45, 2.75) is 13.8 Å². The first kappa shape index (κ1) is 25.4. The summed E-state index contributed by atoms with van der Waals surface area (Å²) in [4.78, 5) is 9.60. The van der Waals surface area contributed by atoms with E-state index in [1.807, 2.05) is 55.6 Å². The van der Waals surface area contributed by atoms with E-state index in [1.54, 1.807) is 0 Å². The standard InChI is InChI=1S/C38H26N6O/c1-23-11-3-4-12-26(23)37-41-42-38-30-22-35(40-24(2)36(30)29-14-6-8-16-32(29)44(37)38)45-25-18-19-28-27-13-5-7-15-31(27)43(33(28)21-25)34-17-9-10-20-39-34/h3-22H,1-2H3. The van der Waals surface area contributed by atoms with Crippen LogP contribution in [-0.4, -0.2) is 29.1 Å². The Morgan fingerprint density at radius 3 is 2.22 bits per heavy atom. The summed E-state index contributed by atoms with van der Waals surface area (Å²) in [6.07, 6.45) is 1.82. The summed E-state index contributed by atoms with van der Waals surface area (Å²) < 4.78 is 10.9. The maximum atomic E-state index is 6.53. The second-order valence-electron chi connectivity index (χ2n) is 11.3. The summed E-state index contributed by atoms with van der Waals surface area (Å²) in [5.41, 5.74) is 6.97. The average molecular weight is 583 g/mol. The van der Waals surface area contributed by atoms with Crippen LogP contribution in [0.3, 0.4) is 0 Å². The number of aromatic nitrogens is 6. The lowest BCUT2D eigenvalue weighted by Crippen LogP contribution is -1.99. The fourth-order valence-corrected chi connectivity index (χ4v) is 6.65. The van der Waals surface area contributed by atoms with Gasteiger partial charge in [0.05, 0.1) is 16.6 Å². The maximum Gasteiger partial charge on any atom is 0.220 e. The number of rotatable bonds is 4. The minimum absolute atomic E-state index is 0.498. The van der Waals surface area contributed by atoms with Crippen LogP contribution in [0, 0.1) is 13.8 Å². The molecular weight excluding hydrogens is 556 g/mol. The van der Waals surface area contributed by atoms with Crippen molar-refractivity contribution in [1.82, 2.24) is 29.1 Å². The topological polar surface area (TPSA) is 70.1 Å². The third-order valence-electron chi connectivity index (χ3n) is 8.63. The van der Waals surface area contributed by atoms with Gasteiger partial charge >= 0.3 is 0 Å². The summed E-state index contributed by atoms with van der Waals surface area (Å²) in [6.45, 7) is 4.13. The molecule has 0 unspecified atom stereocenters. The zero-order valence-electron chi connectivity index (χ0n) is 24.6. The van der Waals surface area contributed by atoms with Crippen molar-refractivity contribution in [3.05, 3.63) is 133 Å². The highest BCUT2D eigenvalue weighted by Gasteiger charge is 2.20. The van der Waals surface area contributed by atoms with Crippen LogP contribution in [0.5, 0.6) is 11.6 Å². The molecule has 0 aliphatic heterocycles. The lowest BCUT2D eigenvalue weighted by atomic mass is 10.0. The summed E-state index contributed by atoms with van der Waals surface area (Å²) in [5, 5.41) is 14.8. The van der Waals surface area contributed by atoms with Crippen molar-refractivity contribution in [3.63, 3.8) is 0 Å². The number of hydrogen-bond donors (Lipinski definition) is 0. The molecule has 0 amide bonds. The van der Waals surface area contributed by atoms with Gasteiger partial charge in [0, 0.05) is 56.5 Å². The van der Waals surface area contributed by atoms with Gasteiger partial charge in [-0.05, 0) is 55.8 Å². The molecule has 0 N–H and O–H groups in total. The van der Waals surface area contributed by atoms with Gasteiger partial charge in [-0.15, -0.1) is 10.2 Å². The van der Waals surface area contributed by atoms with Gasteiger partial charge in [-0.2, -0.15) is 0 Å². The van der Waals surface area contributed by atoms with E-state index in [-0.39, 0.29) is 0 Å². The molecule has 214 valence electrons. The van der Waals surface area contributed by atoms with Gasteiger partial charge in [0.2, 0.25) is 5.88 Å². The maximum absolute atomic E-state index is 6.53. The van der Waals surface area contributed by atoms with Crippen LogP contribution < -0.4 is 4.74 Å². The van der Waals surface area contributed by atoms with Gasteiger partial charge in [-0.25, -0.2) is 9.97 Å². The zero-order chi connectivity index (χ0) is 30.1. The quantitative estimate of drug-likeness (QED) is 0.194. The number of nitrogens with zero attached hydrogens (tertiary/aromatic N) is 6. The molecule has 45 heavy (non-hydrogen) atoms. The number of benzene rings is 4. The van der Waals surface area contributed by atoms with Crippen LogP contribution in [0.15, 0.2) is 121 Å². The lowest BCUT2D eigenvalue weighted by molar-refractivity contribution is 0.463. The number of hydrogen-bond acceptors (Lipinski definition) is 5. The van der Waals surface area contributed by atoms with E-state index in [2.05, 4.69) is 93.7 Å². The van der Waals surface area contributed by atoms with Crippen molar-refractivity contribution in [2.24, 2.45) is 0 Å². The first-order chi connectivity index (χ1) is 22.2. The van der Waals surface area contributed by atoms with E-state index in [0.717, 1.165) is 77.6 Å². The third kappa shape index (κ3) is 3.84. The normalized spacial score (nSPS) is 11.8. The molecule has 9 aromatic rings. The molecule has 0 bridgehead atoms. The molecule has 0 spiro atoms. The van der Waals surface area contributed by atoms with Crippen molar-refractivity contribution in [1.29, 1.82) is 0 Å². The van der Waals surface area contributed by atoms with E-state index < -0.39 is 0 Å². The van der Waals surface area contributed by atoms with Crippen molar-refractivity contribution < 1.29 is 4.74 Å². The molecule has 7 nitrogen and oxygen atoms in total. The predicted octanol–water partition coefficient (Wildman–Crippen LogP) is 9.00. The van der Waals surface area contributed by atoms with Crippen molar-refractivity contribution in [3.8, 4) is 28.8 Å². The van der Waals surface area contributed by atoms with Gasteiger partial charge in [0.15, 0.2) is 11.5 Å². The lowest BCUT2D eigenvalue weighted by Gasteiger charge is -2.14. The number of ether oxygens (including phenoxy) is 1. The first-order valence-electron chi connectivity index (χ1n) is 14.9. The van der Waals surface area contributed by atoms with Gasteiger partial charge < -0.3 is 4.74 Å². The number of para-hydroxylation sites is 2. The number of pyridine rings is 3. The molecule has 0 radical (unpaired) electrons. The Labute approximate surface area is 258 Å². The van der Waals surface area contributed by atoms with Crippen LogP contribution in [0.2, 0.25) is 0 Å². The molecule has 0 aliphatic carbocycles. The van der Waals surface area contributed by atoms with Crippen molar-refractivity contribution in [2.75, 3.05) is 0 Å². The molecule has 0 fully saturated rings. The fourth-order valence-electron chi connectivity index (χ4n) is 6.65. The zero-order valence-corrected chi connectivity index (χ0v) is 24.6. The number of fused-ring (bicyclic) bond motifs is 9. The summed E-state index contributed by atoms with van der Waals surface area (Å²) in [6, 6.07) is 39.1. The van der Waals surface area contributed by atoms with Crippen LogP contribution in [0.25, 0.3) is 66.3 Å². The Bertz CT molecular complexity index is 2600. The number of aryl methyl sites for hydroxylation is 2. The summed E-state index contributed by atoms with van der Waals surface area (Å²) in [5.74, 6) is 2.85. The summed E-state index contributed by atoms with van der Waals surface area (Å²) in [7, 11) is 0. The van der Waals surface area contributed by atoms with Crippen molar-refractivity contribution >= 4 is 49.1 Å². The highest BCUT2D eigenvalue weighted by Crippen LogP contribution is 2.38. The highest BCUT2D eigenvalue weighted by atomic mass is 16.5. The second-order valence-corrected chi connectivity index (χ2v) is 11.3. The molecule has 5 aromatic heterocycles. The Morgan fingerprint density at radius 1 is 0.622 bits per heavy atom. The van der Waals surface area contributed by atoms with E-state index in [4.69, 9.17) is 19.9 Å². The molecule has 0 saturated heterocycles. The predicted molar refractivity (Wildman–Crippen MR) is 179 cm³/mol. The van der Waals surface area contributed by atoms with Crippen LogP contribution in [0.1, 0.15) is 11.3 Å². The molecule has 7 heteroatoms. The fraction of sp³-hybridized carbons (Fsp3) is 0.0526. The molecule has 0 aliphatic rings. The summed E-state index contributed by atoms with van der Waals surface area (Å²) >= 11 is 0. The Balaban J connectivity index is 1.25. The molecule has 4 aromatic carbocycles. The van der Waals surface area contributed by atoms with E-state index in [9.17, 15) is 0 Å². The minimum Gasteiger partial charge on any atom is -0.439 e. The smallest absolute Gasteiger partial charge is 0.220 e. The largest absolute Gasteiger partial charge is 0.439 e. The molecule has 9 rings (SSSR count). The first-order valence-corrected chi connectivity index (χ1v) is 14.9. The van der Waals surface area contributed by atoms with Gasteiger partial charge in [0.25, 0.3) is 0 Å². The minimum atomic E-state index is 0.498. The van der Waals surface area contributed by atoms with Crippen LogP contribution >= 0.6 is 0 Å². The molecular formula is C38H26N6O. The van der Waals surface area contributed by atoms with E-state index in [1.165, 1.54) is 0 Å². The van der Waals surface area contributed by atoms with Gasteiger partial charge in [0.1, 0.15) is 11.6 Å². The Morgan fingerprint density at radius 2 is 1.38 bits per heavy atom. The second kappa shape index (κ2) is 9.72. The average Bonchev–Trinajstić information content (AvgIpc) is 3.65. The monoisotopic (exact) mass is 582 g/mol. The SMILES string of the molecule is Cc1ccccc1-c1nnc2c3cc(Oc4ccc5c6ccccc6n(-c6ccccn6)c5c4)nc(C)c3c3ccccc3n12. The van der Waals surface area contributed by atoms with E-state index in [0.29, 0.717) is 11.6 Å². The Kier molecular flexibility index (Phi) is 5.49. The molecule has 5 heterocycles.